The maximum Gasteiger partial charge on any atom is 0.213 e. The number of nitrogens with zero attached hydrogens (tertiary/aromatic N) is 1. The van der Waals surface area contributed by atoms with Gasteiger partial charge in [-0.25, -0.2) is 4.99 Å². The van der Waals surface area contributed by atoms with E-state index in [0.717, 1.165) is 5.57 Å². The van der Waals surface area contributed by atoms with Crippen LogP contribution >= 0.6 is 0 Å². The number of aliphatic hydroxyl groups excluding tert-OH is 1. The molecule has 0 aromatic rings. The largest absolute Gasteiger partial charge is 0.500 e. The number of rotatable bonds is 5. The lowest BCUT2D eigenvalue weighted by atomic mass is 9.65. The molecule has 22 heavy (non-hydrogen) atoms. The van der Waals surface area contributed by atoms with E-state index in [0.29, 0.717) is 18.3 Å². The van der Waals surface area contributed by atoms with Gasteiger partial charge >= 0.3 is 0 Å². The minimum atomic E-state index is -0.777. The van der Waals surface area contributed by atoms with Crippen LogP contribution in [0.2, 0.25) is 0 Å². The van der Waals surface area contributed by atoms with E-state index in [9.17, 15) is 5.11 Å². The predicted molar refractivity (Wildman–Crippen MR) is 88.6 cm³/mol. The summed E-state index contributed by atoms with van der Waals surface area (Å²) in [6.45, 7) is 14.2. The fourth-order valence-electron chi connectivity index (χ4n) is 3.10. The molecule has 0 saturated carbocycles. The van der Waals surface area contributed by atoms with Gasteiger partial charge in [-0.05, 0) is 32.9 Å². The summed E-state index contributed by atoms with van der Waals surface area (Å²) in [4.78, 5) is 4.64. The number of hydrogen-bond donors (Lipinski definition) is 1. The smallest absolute Gasteiger partial charge is 0.213 e. The molecule has 1 aliphatic carbocycles. The van der Waals surface area contributed by atoms with E-state index in [1.807, 2.05) is 39.0 Å². The van der Waals surface area contributed by atoms with Crippen molar-refractivity contribution in [3.05, 3.63) is 48.8 Å². The summed E-state index contributed by atoms with van der Waals surface area (Å²) in [7, 11) is 1.60. The highest BCUT2D eigenvalue weighted by molar-refractivity contribution is 5.96. The Balaban J connectivity index is 2.53. The van der Waals surface area contributed by atoms with E-state index >= 15 is 0 Å². The number of hydrogen-bond acceptors (Lipinski definition) is 4. The van der Waals surface area contributed by atoms with Crippen molar-refractivity contribution in [3.63, 3.8) is 0 Å². The molecular weight excluding hydrogens is 278 g/mol. The molecule has 2 rings (SSSR count). The SMILES string of the molecule is C=C[C@@H]1C(C2=NC(C)(C)CO2)=CC=C(OC)[C@]1(C)[C@@H](O)C=C. The Hall–Kier alpha value is -1.81. The summed E-state index contributed by atoms with van der Waals surface area (Å²) in [6.07, 6.45) is 6.35. The van der Waals surface area contributed by atoms with Crippen LogP contribution in [0, 0.1) is 11.3 Å². The molecule has 3 atom stereocenters. The lowest BCUT2D eigenvalue weighted by Crippen LogP contribution is -2.43. The Morgan fingerprint density at radius 3 is 2.55 bits per heavy atom. The van der Waals surface area contributed by atoms with Crippen LogP contribution in [0.5, 0.6) is 0 Å². The Morgan fingerprint density at radius 2 is 2.09 bits per heavy atom. The Labute approximate surface area is 132 Å². The van der Waals surface area contributed by atoms with Crippen LogP contribution in [0.3, 0.4) is 0 Å². The highest BCUT2D eigenvalue weighted by Crippen LogP contribution is 2.47. The van der Waals surface area contributed by atoms with Gasteiger partial charge in [0, 0.05) is 11.5 Å². The summed E-state index contributed by atoms with van der Waals surface area (Å²) in [5.74, 6) is 1.11. The van der Waals surface area contributed by atoms with Crippen molar-refractivity contribution in [1.82, 2.24) is 0 Å². The molecular formula is C18H25NO3. The minimum absolute atomic E-state index is 0.187. The predicted octanol–water partition coefficient (Wildman–Crippen LogP) is 3.02. The van der Waals surface area contributed by atoms with Gasteiger partial charge in [0.2, 0.25) is 5.90 Å². The van der Waals surface area contributed by atoms with Crippen molar-refractivity contribution in [2.45, 2.75) is 32.4 Å². The minimum Gasteiger partial charge on any atom is -0.500 e. The zero-order chi connectivity index (χ0) is 16.5. The van der Waals surface area contributed by atoms with Gasteiger partial charge in [-0.3, -0.25) is 0 Å². The fourth-order valence-corrected chi connectivity index (χ4v) is 3.10. The van der Waals surface area contributed by atoms with Crippen LogP contribution in [0.15, 0.2) is 53.8 Å². The van der Waals surface area contributed by atoms with Crippen molar-refractivity contribution in [2.75, 3.05) is 13.7 Å². The normalized spacial score (nSPS) is 31.3. The first-order valence-electron chi connectivity index (χ1n) is 7.42. The zero-order valence-corrected chi connectivity index (χ0v) is 13.8. The second kappa shape index (κ2) is 5.76. The Morgan fingerprint density at radius 1 is 1.41 bits per heavy atom. The maximum absolute atomic E-state index is 10.5. The second-order valence-electron chi connectivity index (χ2n) is 6.55. The van der Waals surface area contributed by atoms with Crippen LogP contribution in [0.4, 0.5) is 0 Å². The molecule has 0 spiro atoms. The first kappa shape index (κ1) is 16.6. The van der Waals surface area contributed by atoms with Crippen molar-refractivity contribution in [2.24, 2.45) is 16.3 Å². The molecule has 0 saturated heterocycles. The molecule has 0 aromatic carbocycles. The molecule has 0 unspecified atom stereocenters. The van der Waals surface area contributed by atoms with Crippen molar-refractivity contribution >= 4 is 5.90 Å². The molecule has 1 heterocycles. The standard InChI is InChI=1S/C18H25NO3/c1-7-13-12(16-19-17(3,4)11-22-16)9-10-15(21-6)18(13,5)14(20)8-2/h7-10,13-14,20H,1-2,11H2,3-6H3/t13-,14+,18+/m1/s1. The van der Waals surface area contributed by atoms with Crippen molar-refractivity contribution in [1.29, 1.82) is 0 Å². The molecule has 0 bridgehead atoms. The number of aliphatic hydroxyl groups is 1. The summed E-state index contributed by atoms with van der Waals surface area (Å²) >= 11 is 0. The van der Waals surface area contributed by atoms with Crippen LogP contribution in [-0.2, 0) is 9.47 Å². The van der Waals surface area contributed by atoms with Gasteiger partial charge in [0.25, 0.3) is 0 Å². The molecule has 120 valence electrons. The summed E-state index contributed by atoms with van der Waals surface area (Å²) in [5, 5.41) is 10.5. The van der Waals surface area contributed by atoms with Gasteiger partial charge in [0.1, 0.15) is 12.4 Å². The highest BCUT2D eigenvalue weighted by Gasteiger charge is 2.48. The Bertz CT molecular complexity index is 571. The van der Waals surface area contributed by atoms with Crippen LogP contribution in [0.25, 0.3) is 0 Å². The number of aliphatic imine (C=N–C) groups is 1. The maximum atomic E-state index is 10.5. The second-order valence-corrected chi connectivity index (χ2v) is 6.55. The Kier molecular flexibility index (Phi) is 4.34. The average molecular weight is 303 g/mol. The first-order chi connectivity index (χ1) is 10.3. The monoisotopic (exact) mass is 303 g/mol. The van der Waals surface area contributed by atoms with Crippen molar-refractivity contribution < 1.29 is 14.6 Å². The zero-order valence-electron chi connectivity index (χ0n) is 13.8. The molecule has 0 amide bonds. The van der Waals surface area contributed by atoms with E-state index in [-0.39, 0.29) is 11.5 Å². The summed E-state index contributed by atoms with van der Waals surface area (Å²) < 4.78 is 11.3. The van der Waals surface area contributed by atoms with E-state index in [2.05, 4.69) is 18.2 Å². The van der Waals surface area contributed by atoms with Crippen molar-refractivity contribution in [3.8, 4) is 0 Å². The third-order valence-electron chi connectivity index (χ3n) is 4.43. The van der Waals surface area contributed by atoms with Gasteiger partial charge < -0.3 is 14.6 Å². The van der Waals surface area contributed by atoms with Crippen LogP contribution < -0.4 is 0 Å². The molecule has 2 aliphatic rings. The molecule has 0 fully saturated rings. The van der Waals surface area contributed by atoms with E-state index in [1.165, 1.54) is 6.08 Å². The lowest BCUT2D eigenvalue weighted by Gasteiger charge is -2.42. The van der Waals surface area contributed by atoms with Gasteiger partial charge in [0.15, 0.2) is 0 Å². The van der Waals surface area contributed by atoms with Gasteiger partial charge in [-0.2, -0.15) is 0 Å². The fraction of sp³-hybridized carbons (Fsp3) is 0.500. The third kappa shape index (κ3) is 2.52. The number of methoxy groups -OCH3 is 1. The molecule has 0 aromatic heterocycles. The molecule has 4 nitrogen and oxygen atoms in total. The van der Waals surface area contributed by atoms with E-state index < -0.39 is 11.5 Å². The quantitative estimate of drug-likeness (QED) is 0.794. The lowest BCUT2D eigenvalue weighted by molar-refractivity contribution is 0.0344. The molecule has 4 heteroatoms. The molecule has 0 radical (unpaired) electrons. The topological polar surface area (TPSA) is 51.0 Å². The van der Waals surface area contributed by atoms with Gasteiger partial charge in [-0.15, -0.1) is 13.2 Å². The highest BCUT2D eigenvalue weighted by atomic mass is 16.5. The third-order valence-corrected chi connectivity index (χ3v) is 4.43. The molecule has 1 N–H and O–H groups in total. The van der Waals surface area contributed by atoms with E-state index in [4.69, 9.17) is 9.47 Å². The first-order valence-corrected chi connectivity index (χ1v) is 7.42. The van der Waals surface area contributed by atoms with Gasteiger partial charge in [-0.1, -0.05) is 12.2 Å². The van der Waals surface area contributed by atoms with E-state index in [1.54, 1.807) is 7.11 Å². The number of ether oxygens (including phenoxy) is 2. The molecule has 1 aliphatic heterocycles. The van der Waals surface area contributed by atoms with Crippen LogP contribution in [-0.4, -0.2) is 36.4 Å². The number of allylic oxidation sites excluding steroid dienone is 3. The van der Waals surface area contributed by atoms with Crippen LogP contribution in [0.1, 0.15) is 20.8 Å². The summed E-state index contributed by atoms with van der Waals surface area (Å²) in [6, 6.07) is 0. The van der Waals surface area contributed by atoms with Gasteiger partial charge in [0.05, 0.1) is 24.2 Å². The average Bonchev–Trinajstić information content (AvgIpc) is 2.85. The summed E-state index contributed by atoms with van der Waals surface area (Å²) in [5.41, 5.74) is -0.0218.